The van der Waals surface area contributed by atoms with Crippen LogP contribution in [0.4, 0.5) is 4.39 Å². The summed E-state index contributed by atoms with van der Waals surface area (Å²) >= 11 is 0. The molecular weight excluding hydrogens is 219 g/mol. The Morgan fingerprint density at radius 1 is 1.12 bits per heavy atom. The van der Waals surface area contributed by atoms with Crippen molar-refractivity contribution >= 4 is 10.9 Å². The zero-order valence-electron chi connectivity index (χ0n) is 8.84. The van der Waals surface area contributed by atoms with Crippen LogP contribution in [0.5, 0.6) is 5.75 Å². The maximum atomic E-state index is 13.0. The molecule has 1 N–H and O–H groups in total. The number of hydrogen-bond acceptors (Lipinski definition) is 2. The molecule has 0 atom stereocenters. The molecule has 3 rings (SSSR count). The van der Waals surface area contributed by atoms with Crippen LogP contribution in [0.15, 0.2) is 48.7 Å². The predicted molar refractivity (Wildman–Crippen MR) is 62.7 cm³/mol. The van der Waals surface area contributed by atoms with Gasteiger partial charge in [0.05, 0.1) is 11.7 Å². The maximum Gasteiger partial charge on any atom is 0.141 e. The Morgan fingerprint density at radius 3 is 2.76 bits per heavy atom. The Labute approximate surface area is 96.7 Å². The van der Waals surface area contributed by atoms with Crippen LogP contribution in [0, 0.1) is 5.82 Å². The lowest BCUT2D eigenvalue weighted by Crippen LogP contribution is -1.95. The Hall–Kier alpha value is -2.36. The molecule has 3 nitrogen and oxygen atoms in total. The first-order valence-electron chi connectivity index (χ1n) is 5.17. The molecule has 0 aliphatic rings. The van der Waals surface area contributed by atoms with Gasteiger partial charge in [-0.3, -0.25) is 0 Å². The van der Waals surface area contributed by atoms with Crippen LogP contribution in [-0.4, -0.2) is 14.9 Å². The Bertz CT molecular complexity index is 691. The highest BCUT2D eigenvalue weighted by Crippen LogP contribution is 2.24. The third-order valence-electron chi connectivity index (χ3n) is 2.64. The predicted octanol–water partition coefficient (Wildman–Crippen LogP) is 2.87. The van der Waals surface area contributed by atoms with E-state index in [1.807, 2.05) is 6.07 Å². The minimum atomic E-state index is -0.297. The van der Waals surface area contributed by atoms with Gasteiger partial charge in [0.1, 0.15) is 17.3 Å². The Morgan fingerprint density at radius 2 is 1.94 bits per heavy atom. The van der Waals surface area contributed by atoms with Crippen molar-refractivity contribution in [1.29, 1.82) is 0 Å². The molecule has 0 saturated heterocycles. The molecule has 0 radical (unpaired) electrons. The van der Waals surface area contributed by atoms with E-state index in [-0.39, 0.29) is 11.6 Å². The highest BCUT2D eigenvalue weighted by Gasteiger charge is 2.08. The first kappa shape index (κ1) is 9.84. The molecule has 0 fully saturated rings. The topological polar surface area (TPSA) is 38.0 Å². The molecule has 0 aliphatic heterocycles. The molecule has 0 unspecified atom stereocenters. The average Bonchev–Trinajstić information content (AvgIpc) is 2.72. The van der Waals surface area contributed by atoms with E-state index >= 15 is 0 Å². The molecule has 0 aliphatic carbocycles. The van der Waals surface area contributed by atoms with Crippen molar-refractivity contribution in [3.8, 4) is 11.4 Å². The van der Waals surface area contributed by atoms with Gasteiger partial charge < -0.3 is 5.11 Å². The van der Waals surface area contributed by atoms with Crippen LogP contribution in [-0.2, 0) is 0 Å². The first-order chi connectivity index (χ1) is 8.25. The number of halogens is 1. The summed E-state index contributed by atoms with van der Waals surface area (Å²) in [5, 5.41) is 14.6. The van der Waals surface area contributed by atoms with E-state index in [9.17, 15) is 9.50 Å². The molecule has 2 aromatic carbocycles. The van der Waals surface area contributed by atoms with Crippen LogP contribution in [0.25, 0.3) is 16.6 Å². The summed E-state index contributed by atoms with van der Waals surface area (Å²) < 4.78 is 14.6. The number of hydrogen-bond donors (Lipinski definition) is 1. The van der Waals surface area contributed by atoms with Gasteiger partial charge in [-0.15, -0.1) is 0 Å². The fourth-order valence-corrected chi connectivity index (χ4v) is 1.84. The quantitative estimate of drug-likeness (QED) is 0.695. The second-order valence-electron chi connectivity index (χ2n) is 3.75. The van der Waals surface area contributed by atoms with E-state index < -0.39 is 0 Å². The first-order valence-corrected chi connectivity index (χ1v) is 5.17. The summed E-state index contributed by atoms with van der Waals surface area (Å²) in [7, 11) is 0. The van der Waals surface area contributed by atoms with Gasteiger partial charge in [0.15, 0.2) is 0 Å². The highest BCUT2D eigenvalue weighted by molar-refractivity contribution is 5.80. The second-order valence-corrected chi connectivity index (χ2v) is 3.75. The van der Waals surface area contributed by atoms with Crippen LogP contribution in [0.2, 0.25) is 0 Å². The van der Waals surface area contributed by atoms with E-state index in [1.54, 1.807) is 35.1 Å². The van der Waals surface area contributed by atoms with E-state index in [4.69, 9.17) is 0 Å². The largest absolute Gasteiger partial charge is 0.506 e. The Kier molecular flexibility index (Phi) is 2.08. The van der Waals surface area contributed by atoms with Gasteiger partial charge in [-0.1, -0.05) is 12.1 Å². The summed E-state index contributed by atoms with van der Waals surface area (Å²) in [5.41, 5.74) is 1.34. The zero-order valence-corrected chi connectivity index (χ0v) is 8.84. The van der Waals surface area contributed by atoms with Crippen LogP contribution < -0.4 is 0 Å². The number of para-hydroxylation sites is 2. The van der Waals surface area contributed by atoms with Crippen molar-refractivity contribution in [2.24, 2.45) is 0 Å². The Balaban J connectivity index is 2.29. The van der Waals surface area contributed by atoms with Gasteiger partial charge in [-0.05, 0) is 30.3 Å². The normalized spacial score (nSPS) is 10.9. The van der Waals surface area contributed by atoms with Crippen LogP contribution in [0.3, 0.4) is 0 Å². The van der Waals surface area contributed by atoms with Gasteiger partial charge in [0, 0.05) is 5.39 Å². The van der Waals surface area contributed by atoms with E-state index in [2.05, 4.69) is 5.10 Å². The summed E-state index contributed by atoms with van der Waals surface area (Å²) in [4.78, 5) is 0. The van der Waals surface area contributed by atoms with Crippen molar-refractivity contribution in [2.45, 2.75) is 0 Å². The second kappa shape index (κ2) is 3.59. The average molecular weight is 228 g/mol. The van der Waals surface area contributed by atoms with Gasteiger partial charge >= 0.3 is 0 Å². The number of phenolic OH excluding ortho intramolecular Hbond substituents is 1. The lowest BCUT2D eigenvalue weighted by Gasteiger charge is -2.05. The molecule has 0 amide bonds. The summed E-state index contributed by atoms with van der Waals surface area (Å²) in [6.45, 7) is 0. The number of rotatable bonds is 1. The molecule has 17 heavy (non-hydrogen) atoms. The monoisotopic (exact) mass is 228 g/mol. The molecule has 0 saturated carbocycles. The lowest BCUT2D eigenvalue weighted by atomic mass is 10.2. The van der Waals surface area contributed by atoms with E-state index in [0.29, 0.717) is 11.1 Å². The number of nitrogens with zero attached hydrogens (tertiary/aromatic N) is 2. The number of benzene rings is 2. The molecule has 1 heterocycles. The van der Waals surface area contributed by atoms with Gasteiger partial charge in [-0.25, -0.2) is 9.07 Å². The van der Waals surface area contributed by atoms with Gasteiger partial charge in [0.25, 0.3) is 0 Å². The fourth-order valence-electron chi connectivity index (χ4n) is 1.84. The van der Waals surface area contributed by atoms with E-state index in [1.165, 1.54) is 12.1 Å². The molecule has 1 aromatic heterocycles. The van der Waals surface area contributed by atoms with Crippen molar-refractivity contribution < 1.29 is 9.50 Å². The zero-order chi connectivity index (χ0) is 11.8. The molecule has 0 bridgehead atoms. The molecule has 3 aromatic rings. The fraction of sp³-hybridized carbons (Fsp3) is 0. The van der Waals surface area contributed by atoms with Gasteiger partial charge in [0.2, 0.25) is 0 Å². The van der Waals surface area contributed by atoms with Crippen LogP contribution in [0.1, 0.15) is 0 Å². The summed E-state index contributed by atoms with van der Waals surface area (Å²) in [5.74, 6) is -0.156. The molecular formula is C13H9FN2O. The number of aromatic nitrogens is 2. The smallest absolute Gasteiger partial charge is 0.141 e. The van der Waals surface area contributed by atoms with Crippen molar-refractivity contribution in [2.75, 3.05) is 0 Å². The third-order valence-corrected chi connectivity index (χ3v) is 2.64. The minimum absolute atomic E-state index is 0.141. The lowest BCUT2D eigenvalue weighted by molar-refractivity contribution is 0.471. The van der Waals surface area contributed by atoms with Crippen LogP contribution >= 0.6 is 0 Å². The van der Waals surface area contributed by atoms with Crippen molar-refractivity contribution in [3.05, 3.63) is 54.5 Å². The highest BCUT2D eigenvalue weighted by atomic mass is 19.1. The molecule has 4 heteroatoms. The van der Waals surface area contributed by atoms with Gasteiger partial charge in [-0.2, -0.15) is 5.10 Å². The summed E-state index contributed by atoms with van der Waals surface area (Å²) in [6.07, 6.45) is 1.57. The van der Waals surface area contributed by atoms with Crippen molar-refractivity contribution in [3.63, 3.8) is 0 Å². The van der Waals surface area contributed by atoms with E-state index in [0.717, 1.165) is 5.52 Å². The van der Waals surface area contributed by atoms with Crippen molar-refractivity contribution in [1.82, 2.24) is 9.78 Å². The standard InChI is InChI=1S/C13H9FN2O/c14-10-5-6-11-9(7-10)8-15-16(11)12-3-1-2-4-13(12)17/h1-8,17H. The summed E-state index contributed by atoms with van der Waals surface area (Å²) in [6, 6.07) is 11.3. The third kappa shape index (κ3) is 1.54. The minimum Gasteiger partial charge on any atom is -0.506 e. The number of aromatic hydroxyl groups is 1. The SMILES string of the molecule is Oc1ccccc1-n1ncc2cc(F)ccc21. The maximum absolute atomic E-state index is 13.0. The number of fused-ring (bicyclic) bond motifs is 1. The molecule has 84 valence electrons. The number of phenols is 1. The molecule has 0 spiro atoms.